The molecule has 3 heterocycles. The Hall–Kier alpha value is -3.68. The van der Waals surface area contributed by atoms with Gasteiger partial charge in [0.05, 0.1) is 29.8 Å². The summed E-state index contributed by atoms with van der Waals surface area (Å²) in [4.78, 5) is 13.3. The fourth-order valence-electron chi connectivity index (χ4n) is 3.37. The first-order valence-electron chi connectivity index (χ1n) is 10.5. The van der Waals surface area contributed by atoms with Crippen LogP contribution < -0.4 is 5.73 Å². The number of nitrogens with two attached hydrogens (primary N) is 1. The van der Waals surface area contributed by atoms with Gasteiger partial charge in [-0.15, -0.1) is 5.10 Å². The highest BCUT2D eigenvalue weighted by Crippen LogP contribution is 2.27. The van der Waals surface area contributed by atoms with Crippen LogP contribution in [0.4, 0.5) is 10.3 Å². The maximum Gasteiger partial charge on any atom is 0.221 e. The van der Waals surface area contributed by atoms with E-state index in [-0.39, 0.29) is 17.2 Å². The van der Waals surface area contributed by atoms with Crippen molar-refractivity contribution < 1.29 is 4.39 Å². The standard InChI is InChI=1S/C24H26FN7/c1-5-24(3,4)21-11-7-9-16(27-21)13-32-14-20(30-31-32)19-12-18(28-23(26)29-19)17-10-6-8-15(2)22(17)25/h6-12,14H,5,13H2,1-4H3,(H2,26,28,29). The Morgan fingerprint density at radius 3 is 2.53 bits per heavy atom. The molecule has 8 heteroatoms. The third-order valence-electron chi connectivity index (χ3n) is 5.72. The molecule has 3 aromatic heterocycles. The Bertz CT molecular complexity index is 1260. The van der Waals surface area contributed by atoms with Crippen molar-refractivity contribution in [3.8, 4) is 22.6 Å². The van der Waals surface area contributed by atoms with E-state index in [4.69, 9.17) is 10.7 Å². The Balaban J connectivity index is 1.63. The summed E-state index contributed by atoms with van der Waals surface area (Å²) in [6.07, 6.45) is 2.77. The van der Waals surface area contributed by atoms with Gasteiger partial charge < -0.3 is 5.73 Å². The van der Waals surface area contributed by atoms with Gasteiger partial charge in [-0.1, -0.05) is 44.2 Å². The van der Waals surface area contributed by atoms with Crippen molar-refractivity contribution in [2.24, 2.45) is 0 Å². The molecule has 164 valence electrons. The predicted molar refractivity (Wildman–Crippen MR) is 122 cm³/mol. The number of benzene rings is 1. The molecule has 1 aromatic carbocycles. The molecule has 0 saturated carbocycles. The second-order valence-electron chi connectivity index (χ2n) is 8.49. The zero-order valence-corrected chi connectivity index (χ0v) is 18.7. The van der Waals surface area contributed by atoms with Crippen molar-refractivity contribution in [1.82, 2.24) is 29.9 Å². The molecule has 2 N–H and O–H groups in total. The van der Waals surface area contributed by atoms with Crippen LogP contribution in [-0.2, 0) is 12.0 Å². The van der Waals surface area contributed by atoms with Gasteiger partial charge in [0, 0.05) is 16.7 Å². The van der Waals surface area contributed by atoms with Crippen LogP contribution in [0.1, 0.15) is 44.1 Å². The van der Waals surface area contributed by atoms with Gasteiger partial charge in [0.2, 0.25) is 5.95 Å². The minimum absolute atomic E-state index is 0.00346. The monoisotopic (exact) mass is 431 g/mol. The van der Waals surface area contributed by atoms with Crippen LogP contribution in [0.15, 0.2) is 48.7 Å². The van der Waals surface area contributed by atoms with Crippen molar-refractivity contribution in [1.29, 1.82) is 0 Å². The number of rotatable bonds is 6. The van der Waals surface area contributed by atoms with Gasteiger partial charge in [0.1, 0.15) is 11.5 Å². The quantitative estimate of drug-likeness (QED) is 0.481. The fraction of sp³-hybridized carbons (Fsp3) is 0.292. The Morgan fingerprint density at radius 1 is 1.00 bits per heavy atom. The van der Waals surface area contributed by atoms with E-state index >= 15 is 0 Å². The summed E-state index contributed by atoms with van der Waals surface area (Å²) in [5.74, 6) is -0.287. The molecule has 0 atom stereocenters. The number of aromatic nitrogens is 6. The number of nitrogen functional groups attached to an aromatic ring is 1. The largest absolute Gasteiger partial charge is 0.368 e. The highest BCUT2D eigenvalue weighted by Gasteiger charge is 2.20. The maximum atomic E-state index is 14.6. The first-order valence-corrected chi connectivity index (χ1v) is 10.5. The Morgan fingerprint density at radius 2 is 1.75 bits per heavy atom. The van der Waals surface area contributed by atoms with Crippen molar-refractivity contribution in [2.75, 3.05) is 5.73 Å². The van der Waals surface area contributed by atoms with Crippen LogP contribution in [0, 0.1) is 12.7 Å². The minimum atomic E-state index is -0.332. The molecule has 0 unspecified atom stereocenters. The molecular weight excluding hydrogens is 405 g/mol. The molecule has 0 amide bonds. The normalized spacial score (nSPS) is 11.7. The second kappa shape index (κ2) is 8.45. The lowest BCUT2D eigenvalue weighted by Gasteiger charge is -2.22. The molecule has 0 saturated heterocycles. The van der Waals surface area contributed by atoms with Crippen LogP contribution in [0.3, 0.4) is 0 Å². The van der Waals surface area contributed by atoms with E-state index in [1.54, 1.807) is 42.1 Å². The highest BCUT2D eigenvalue weighted by atomic mass is 19.1. The molecule has 0 spiro atoms. The van der Waals surface area contributed by atoms with Crippen molar-refractivity contribution in [3.63, 3.8) is 0 Å². The molecule has 0 aliphatic heterocycles. The number of anilines is 1. The SMILES string of the molecule is CCC(C)(C)c1cccc(Cn2cc(-c3cc(-c4cccc(C)c4F)nc(N)n3)nn2)n1. The summed E-state index contributed by atoms with van der Waals surface area (Å²) in [7, 11) is 0. The third kappa shape index (κ3) is 4.34. The van der Waals surface area contributed by atoms with Crippen molar-refractivity contribution >= 4 is 5.95 Å². The number of hydrogen-bond donors (Lipinski definition) is 1. The van der Waals surface area contributed by atoms with Crippen LogP contribution >= 0.6 is 0 Å². The molecular formula is C24H26FN7. The van der Waals surface area contributed by atoms with Crippen molar-refractivity contribution in [2.45, 2.75) is 46.1 Å². The number of halogens is 1. The molecule has 4 rings (SSSR count). The maximum absolute atomic E-state index is 14.6. The first kappa shape index (κ1) is 21.5. The second-order valence-corrected chi connectivity index (χ2v) is 8.49. The molecule has 0 aliphatic carbocycles. The fourth-order valence-corrected chi connectivity index (χ4v) is 3.37. The van der Waals surface area contributed by atoms with Gasteiger partial charge in [0.15, 0.2) is 0 Å². The highest BCUT2D eigenvalue weighted by molar-refractivity contribution is 5.68. The average Bonchev–Trinajstić information content (AvgIpc) is 3.24. The molecule has 0 fully saturated rings. The summed E-state index contributed by atoms with van der Waals surface area (Å²) in [6.45, 7) is 8.70. The number of pyridine rings is 1. The van der Waals surface area contributed by atoms with E-state index in [2.05, 4.69) is 47.1 Å². The van der Waals surface area contributed by atoms with Crippen LogP contribution in [-0.4, -0.2) is 29.9 Å². The minimum Gasteiger partial charge on any atom is -0.368 e. The molecule has 7 nitrogen and oxygen atoms in total. The third-order valence-corrected chi connectivity index (χ3v) is 5.72. The summed E-state index contributed by atoms with van der Waals surface area (Å²) in [6, 6.07) is 12.9. The lowest BCUT2D eigenvalue weighted by atomic mass is 9.86. The van der Waals surface area contributed by atoms with Gasteiger partial charge in [-0.05, 0) is 43.2 Å². The molecule has 0 radical (unpaired) electrons. The van der Waals surface area contributed by atoms with Gasteiger partial charge in [-0.3, -0.25) is 4.98 Å². The predicted octanol–water partition coefficient (Wildman–Crippen LogP) is 4.56. The molecule has 32 heavy (non-hydrogen) atoms. The average molecular weight is 432 g/mol. The Kier molecular flexibility index (Phi) is 5.69. The topological polar surface area (TPSA) is 95.4 Å². The van der Waals surface area contributed by atoms with Gasteiger partial charge in [0.25, 0.3) is 0 Å². The van der Waals surface area contributed by atoms with Gasteiger partial charge in [-0.25, -0.2) is 19.0 Å². The lowest BCUT2D eigenvalue weighted by molar-refractivity contribution is 0.486. The molecule has 4 aromatic rings. The number of nitrogens with zero attached hydrogens (tertiary/aromatic N) is 6. The lowest BCUT2D eigenvalue weighted by Crippen LogP contribution is -2.18. The smallest absolute Gasteiger partial charge is 0.221 e. The van der Waals surface area contributed by atoms with Crippen LogP contribution in [0.25, 0.3) is 22.6 Å². The van der Waals surface area contributed by atoms with E-state index in [0.717, 1.165) is 17.8 Å². The summed E-state index contributed by atoms with van der Waals surface area (Å²) >= 11 is 0. The summed E-state index contributed by atoms with van der Waals surface area (Å²) in [5.41, 5.74) is 10.2. The summed E-state index contributed by atoms with van der Waals surface area (Å²) < 4.78 is 16.3. The van der Waals surface area contributed by atoms with Crippen LogP contribution in [0.2, 0.25) is 0 Å². The van der Waals surface area contributed by atoms with Gasteiger partial charge >= 0.3 is 0 Å². The first-order chi connectivity index (χ1) is 15.3. The van der Waals surface area contributed by atoms with Crippen molar-refractivity contribution in [3.05, 3.63) is 71.4 Å². The molecule has 0 bridgehead atoms. The van der Waals surface area contributed by atoms with E-state index in [0.29, 0.717) is 34.8 Å². The molecule has 0 aliphatic rings. The van der Waals surface area contributed by atoms with E-state index in [9.17, 15) is 4.39 Å². The van der Waals surface area contributed by atoms with Crippen LogP contribution in [0.5, 0.6) is 0 Å². The van der Waals surface area contributed by atoms with Gasteiger partial charge in [-0.2, -0.15) is 0 Å². The number of hydrogen-bond acceptors (Lipinski definition) is 6. The number of aryl methyl sites for hydroxylation is 1. The summed E-state index contributed by atoms with van der Waals surface area (Å²) in [5, 5.41) is 8.45. The zero-order valence-electron chi connectivity index (χ0n) is 18.7. The van der Waals surface area contributed by atoms with E-state index in [1.807, 2.05) is 12.1 Å². The van der Waals surface area contributed by atoms with E-state index in [1.165, 1.54) is 0 Å². The Labute approximate surface area is 186 Å². The van der Waals surface area contributed by atoms with E-state index < -0.39 is 0 Å². The zero-order chi connectivity index (χ0) is 22.9.